The van der Waals surface area contributed by atoms with Gasteiger partial charge < -0.3 is 10.2 Å². The molecule has 0 radical (unpaired) electrons. The summed E-state index contributed by atoms with van der Waals surface area (Å²) in [4.78, 5) is 2.32. The molecule has 1 aliphatic heterocycles. The van der Waals surface area contributed by atoms with Crippen LogP contribution in [0, 0.1) is 0 Å². The number of nitrogens with zero attached hydrogens (tertiary/aromatic N) is 1. The van der Waals surface area contributed by atoms with Crippen LogP contribution < -0.4 is 5.32 Å². The van der Waals surface area contributed by atoms with Crippen molar-refractivity contribution in [2.45, 2.75) is 26.8 Å². The summed E-state index contributed by atoms with van der Waals surface area (Å²) in [7, 11) is 0. The van der Waals surface area contributed by atoms with Crippen molar-refractivity contribution in [3.63, 3.8) is 0 Å². The fraction of sp³-hybridized carbons (Fsp3) is 0.333. The van der Waals surface area contributed by atoms with Gasteiger partial charge in [0.05, 0.1) is 0 Å². The number of nitrogens with one attached hydrogen (secondary N) is 1. The molecule has 0 saturated carbocycles. The Hall–Kier alpha value is -1.51. The zero-order valence-corrected chi connectivity index (χ0v) is 13.5. The van der Waals surface area contributed by atoms with E-state index in [0.717, 1.165) is 31.1 Å². The minimum atomic E-state index is 0.792. The molecule has 21 heavy (non-hydrogen) atoms. The minimum absolute atomic E-state index is 0.792. The van der Waals surface area contributed by atoms with Gasteiger partial charge in [-0.05, 0) is 44.0 Å². The Morgan fingerprint density at radius 2 is 2.29 bits per heavy atom. The van der Waals surface area contributed by atoms with Gasteiger partial charge in [0.15, 0.2) is 0 Å². The van der Waals surface area contributed by atoms with Crippen LogP contribution >= 0.6 is 11.6 Å². The van der Waals surface area contributed by atoms with Crippen LogP contribution in [0.2, 0.25) is 5.02 Å². The summed E-state index contributed by atoms with van der Waals surface area (Å²) in [5, 5.41) is 4.15. The number of benzene rings is 1. The molecule has 1 aliphatic rings. The average Bonchev–Trinajstić information content (AvgIpc) is 2.52. The molecule has 2 nitrogen and oxygen atoms in total. The summed E-state index contributed by atoms with van der Waals surface area (Å²) in [5.41, 5.74) is 3.86. The maximum absolute atomic E-state index is 6.09. The van der Waals surface area contributed by atoms with Crippen molar-refractivity contribution < 1.29 is 0 Å². The first-order chi connectivity index (χ1) is 10.2. The number of allylic oxidation sites excluding steroid dienone is 3. The molecule has 0 aliphatic carbocycles. The van der Waals surface area contributed by atoms with E-state index in [-0.39, 0.29) is 0 Å². The summed E-state index contributed by atoms with van der Waals surface area (Å²) < 4.78 is 0. The van der Waals surface area contributed by atoms with Crippen LogP contribution in [0.5, 0.6) is 0 Å². The molecule has 2 rings (SSSR count). The lowest BCUT2D eigenvalue weighted by Crippen LogP contribution is -2.27. The molecule has 0 atom stereocenters. The molecule has 0 bridgehead atoms. The lowest BCUT2D eigenvalue weighted by atomic mass is 10.1. The summed E-state index contributed by atoms with van der Waals surface area (Å²) in [5.74, 6) is 0. The summed E-state index contributed by atoms with van der Waals surface area (Å²) in [6.07, 6.45) is 9.77. The van der Waals surface area contributed by atoms with Gasteiger partial charge in [-0.1, -0.05) is 41.5 Å². The van der Waals surface area contributed by atoms with Crippen LogP contribution in [0.15, 0.2) is 60.0 Å². The highest BCUT2D eigenvalue weighted by Crippen LogP contribution is 2.19. The molecule has 0 unspecified atom stereocenters. The normalized spacial score (nSPS) is 16.1. The van der Waals surface area contributed by atoms with Crippen molar-refractivity contribution in [3.8, 4) is 0 Å². The summed E-state index contributed by atoms with van der Waals surface area (Å²) in [6, 6.07) is 8.08. The van der Waals surface area contributed by atoms with Crippen LogP contribution in [0.4, 0.5) is 0 Å². The van der Waals surface area contributed by atoms with E-state index in [4.69, 9.17) is 11.6 Å². The molecule has 0 amide bonds. The van der Waals surface area contributed by atoms with Gasteiger partial charge in [0.25, 0.3) is 0 Å². The van der Waals surface area contributed by atoms with Gasteiger partial charge in [-0.3, -0.25) is 0 Å². The zero-order valence-electron chi connectivity index (χ0n) is 12.8. The first-order valence-corrected chi connectivity index (χ1v) is 7.79. The Morgan fingerprint density at radius 3 is 2.95 bits per heavy atom. The molecule has 0 spiro atoms. The molecular formula is C18H23ClN2. The Balaban J connectivity index is 2.18. The van der Waals surface area contributed by atoms with Crippen LogP contribution in [-0.4, -0.2) is 18.0 Å². The van der Waals surface area contributed by atoms with Crippen LogP contribution in [0.25, 0.3) is 0 Å². The van der Waals surface area contributed by atoms with E-state index in [2.05, 4.69) is 54.6 Å². The number of halogens is 1. The van der Waals surface area contributed by atoms with Gasteiger partial charge in [0.2, 0.25) is 0 Å². The van der Waals surface area contributed by atoms with E-state index in [1.54, 1.807) is 0 Å². The SMILES string of the molecule is C/C=C(C)/C=C/N(Cc1cccc(Cl)c1)C1=CCNCC1. The maximum atomic E-state index is 6.09. The molecule has 0 saturated heterocycles. The molecule has 1 aromatic carbocycles. The lowest BCUT2D eigenvalue weighted by molar-refractivity contribution is 0.424. The highest BCUT2D eigenvalue weighted by molar-refractivity contribution is 6.30. The highest BCUT2D eigenvalue weighted by Gasteiger charge is 2.10. The first-order valence-electron chi connectivity index (χ1n) is 7.41. The molecule has 1 N–H and O–H groups in total. The van der Waals surface area contributed by atoms with Crippen molar-refractivity contribution in [2.75, 3.05) is 13.1 Å². The van der Waals surface area contributed by atoms with E-state index < -0.39 is 0 Å². The van der Waals surface area contributed by atoms with Crippen molar-refractivity contribution >= 4 is 11.6 Å². The van der Waals surface area contributed by atoms with Gasteiger partial charge >= 0.3 is 0 Å². The molecule has 1 aromatic rings. The standard InChI is InChI=1S/C18H23ClN2/c1-3-15(2)9-12-21(18-7-10-20-11-8-18)14-16-5-4-6-17(19)13-16/h3-7,9,12-13,20H,8,10-11,14H2,1-2H3/b12-9+,15-3+. The van der Waals surface area contributed by atoms with Gasteiger partial charge in [-0.2, -0.15) is 0 Å². The lowest BCUT2D eigenvalue weighted by Gasteiger charge is -2.27. The van der Waals surface area contributed by atoms with Gasteiger partial charge in [0.1, 0.15) is 0 Å². The largest absolute Gasteiger partial charge is 0.347 e. The monoisotopic (exact) mass is 302 g/mol. The van der Waals surface area contributed by atoms with Crippen LogP contribution in [0.3, 0.4) is 0 Å². The van der Waals surface area contributed by atoms with Gasteiger partial charge in [0, 0.05) is 36.6 Å². The maximum Gasteiger partial charge on any atom is 0.0473 e. The number of hydrogen-bond donors (Lipinski definition) is 1. The summed E-state index contributed by atoms with van der Waals surface area (Å²) >= 11 is 6.09. The Kier molecular flexibility index (Phi) is 6.09. The smallest absolute Gasteiger partial charge is 0.0473 e. The second-order valence-corrected chi connectivity index (χ2v) is 5.69. The Labute approximate surface area is 132 Å². The van der Waals surface area contributed by atoms with Crippen LogP contribution in [-0.2, 0) is 6.54 Å². The third kappa shape index (κ3) is 5.07. The van der Waals surface area contributed by atoms with Gasteiger partial charge in [-0.15, -0.1) is 0 Å². The molecule has 0 aromatic heterocycles. The quantitative estimate of drug-likeness (QED) is 0.806. The van der Waals surface area contributed by atoms with E-state index in [1.807, 2.05) is 18.2 Å². The fourth-order valence-corrected chi connectivity index (χ4v) is 2.47. The second-order valence-electron chi connectivity index (χ2n) is 5.26. The van der Waals surface area contributed by atoms with E-state index in [9.17, 15) is 0 Å². The van der Waals surface area contributed by atoms with E-state index in [1.165, 1.54) is 16.8 Å². The Morgan fingerprint density at radius 1 is 1.43 bits per heavy atom. The zero-order chi connectivity index (χ0) is 15.1. The summed E-state index contributed by atoms with van der Waals surface area (Å²) in [6.45, 7) is 7.00. The van der Waals surface area contributed by atoms with E-state index in [0.29, 0.717) is 0 Å². The topological polar surface area (TPSA) is 15.3 Å². The van der Waals surface area contributed by atoms with E-state index >= 15 is 0 Å². The number of hydrogen-bond acceptors (Lipinski definition) is 2. The predicted octanol–water partition coefficient (Wildman–Crippen LogP) is 4.50. The first kappa shape index (κ1) is 15.9. The molecule has 3 heteroatoms. The van der Waals surface area contributed by atoms with Crippen molar-refractivity contribution in [1.82, 2.24) is 10.2 Å². The third-order valence-corrected chi connectivity index (χ3v) is 3.86. The molecular weight excluding hydrogens is 280 g/mol. The third-order valence-electron chi connectivity index (χ3n) is 3.62. The second kappa shape index (κ2) is 8.06. The predicted molar refractivity (Wildman–Crippen MR) is 91.1 cm³/mol. The number of rotatable bonds is 5. The van der Waals surface area contributed by atoms with Crippen molar-refractivity contribution in [1.29, 1.82) is 0 Å². The highest BCUT2D eigenvalue weighted by atomic mass is 35.5. The molecule has 112 valence electrons. The Bertz CT molecular complexity index is 558. The minimum Gasteiger partial charge on any atom is -0.347 e. The fourth-order valence-electron chi connectivity index (χ4n) is 2.26. The molecule has 0 fully saturated rings. The van der Waals surface area contributed by atoms with Gasteiger partial charge in [-0.25, -0.2) is 0 Å². The van der Waals surface area contributed by atoms with Crippen molar-refractivity contribution in [3.05, 3.63) is 70.5 Å². The van der Waals surface area contributed by atoms with Crippen molar-refractivity contribution in [2.24, 2.45) is 0 Å². The molecule has 1 heterocycles. The van der Waals surface area contributed by atoms with Crippen LogP contribution in [0.1, 0.15) is 25.8 Å². The average molecular weight is 303 g/mol.